The van der Waals surface area contributed by atoms with E-state index in [2.05, 4.69) is 15.6 Å². The number of hydrogen-bond donors (Lipinski definition) is 1. The average molecular weight is 437 g/mol. The number of carbonyl (C=O) groups excluding carboxylic acids is 1. The van der Waals surface area contributed by atoms with Crippen LogP contribution < -0.4 is 10.1 Å². The smallest absolute Gasteiger partial charge is 0.422 e. The maximum Gasteiger partial charge on any atom is 0.422 e. The molecule has 0 radical (unpaired) electrons. The predicted molar refractivity (Wildman–Crippen MR) is 106 cm³/mol. The Labute approximate surface area is 174 Å². The summed E-state index contributed by atoms with van der Waals surface area (Å²) >= 11 is 5.86. The highest BCUT2D eigenvalue weighted by Crippen LogP contribution is 2.29. The van der Waals surface area contributed by atoms with Crippen LogP contribution in [0.5, 0.6) is 5.75 Å². The summed E-state index contributed by atoms with van der Waals surface area (Å²) in [4.78, 5) is 12.2. The van der Waals surface area contributed by atoms with E-state index in [1.807, 2.05) is 30.3 Å². The monoisotopic (exact) mass is 436 g/mol. The first-order valence-corrected chi connectivity index (χ1v) is 9.08. The van der Waals surface area contributed by atoms with Crippen molar-refractivity contribution in [3.05, 3.63) is 77.1 Å². The number of alkyl halides is 3. The van der Waals surface area contributed by atoms with Crippen molar-refractivity contribution in [2.75, 3.05) is 11.9 Å². The quantitative estimate of drug-likeness (QED) is 0.551. The molecule has 1 amide bonds. The number of benzene rings is 2. The summed E-state index contributed by atoms with van der Waals surface area (Å²) in [5.74, 6) is -0.737. The van der Waals surface area contributed by atoms with Crippen molar-refractivity contribution in [2.45, 2.75) is 12.7 Å². The Morgan fingerprint density at radius 3 is 2.70 bits per heavy atom. The van der Waals surface area contributed by atoms with Gasteiger partial charge in [-0.2, -0.15) is 13.2 Å². The first-order chi connectivity index (χ1) is 14.3. The lowest BCUT2D eigenvalue weighted by atomic mass is 10.2. The molecule has 0 unspecified atom stereocenters. The van der Waals surface area contributed by atoms with Gasteiger partial charge >= 0.3 is 6.18 Å². The van der Waals surface area contributed by atoms with Crippen LogP contribution >= 0.6 is 11.6 Å². The van der Waals surface area contributed by atoms with Gasteiger partial charge in [-0.25, -0.2) is 4.68 Å². The van der Waals surface area contributed by atoms with E-state index >= 15 is 0 Å². The highest BCUT2D eigenvalue weighted by molar-refractivity contribution is 6.31. The summed E-state index contributed by atoms with van der Waals surface area (Å²) in [5.41, 5.74) is 1.51. The number of rotatable bonds is 7. The van der Waals surface area contributed by atoms with E-state index < -0.39 is 18.7 Å². The van der Waals surface area contributed by atoms with Gasteiger partial charge in [0.1, 0.15) is 11.4 Å². The van der Waals surface area contributed by atoms with Crippen LogP contribution in [0.3, 0.4) is 0 Å². The molecule has 10 heteroatoms. The lowest BCUT2D eigenvalue weighted by molar-refractivity contribution is -0.153. The van der Waals surface area contributed by atoms with Crippen LogP contribution in [0.4, 0.5) is 18.9 Å². The van der Waals surface area contributed by atoms with Crippen molar-refractivity contribution < 1.29 is 22.7 Å². The fourth-order valence-corrected chi connectivity index (χ4v) is 2.63. The standard InChI is InChI=1S/C20H16ClF3N4O2/c21-15-6-8-18(30-13-20(22,23)24)17(10-15)25-19(29)9-7-16-12-28(27-26-16)11-14-4-2-1-3-5-14/h1-10,12H,11,13H2,(H,25,29)/b9-7+. The highest BCUT2D eigenvalue weighted by atomic mass is 35.5. The van der Waals surface area contributed by atoms with Gasteiger partial charge in [-0.05, 0) is 29.8 Å². The van der Waals surface area contributed by atoms with Gasteiger partial charge in [0, 0.05) is 11.1 Å². The van der Waals surface area contributed by atoms with Crippen molar-refractivity contribution in [3.8, 4) is 5.75 Å². The molecule has 0 aliphatic rings. The number of halogens is 4. The molecule has 0 bridgehead atoms. The lowest BCUT2D eigenvalue weighted by Gasteiger charge is -2.13. The minimum absolute atomic E-state index is 0.0223. The Morgan fingerprint density at radius 1 is 1.20 bits per heavy atom. The number of amides is 1. The molecule has 0 aliphatic carbocycles. The third-order valence-electron chi connectivity index (χ3n) is 3.74. The fraction of sp³-hybridized carbons (Fsp3) is 0.150. The lowest BCUT2D eigenvalue weighted by Crippen LogP contribution is -2.20. The second-order valence-corrected chi connectivity index (χ2v) is 6.63. The van der Waals surface area contributed by atoms with Crippen LogP contribution in [0.2, 0.25) is 5.02 Å². The van der Waals surface area contributed by atoms with Crippen LogP contribution in [0.25, 0.3) is 6.08 Å². The zero-order valence-corrected chi connectivity index (χ0v) is 16.2. The Bertz CT molecular complexity index is 1040. The van der Waals surface area contributed by atoms with Crippen LogP contribution in [0, 0.1) is 0 Å². The second-order valence-electron chi connectivity index (χ2n) is 6.19. The van der Waals surface area contributed by atoms with E-state index in [4.69, 9.17) is 16.3 Å². The minimum atomic E-state index is -4.51. The molecule has 0 saturated heterocycles. The van der Waals surface area contributed by atoms with Crippen LogP contribution in [-0.4, -0.2) is 33.7 Å². The number of carbonyl (C=O) groups is 1. The molecular weight excluding hydrogens is 421 g/mol. The molecule has 6 nitrogen and oxygen atoms in total. The molecule has 0 aliphatic heterocycles. The highest BCUT2D eigenvalue weighted by Gasteiger charge is 2.29. The third kappa shape index (κ3) is 6.63. The van der Waals surface area contributed by atoms with Gasteiger partial charge in [0.15, 0.2) is 6.61 Å². The zero-order valence-electron chi connectivity index (χ0n) is 15.4. The molecule has 30 heavy (non-hydrogen) atoms. The van der Waals surface area contributed by atoms with Gasteiger partial charge in [-0.1, -0.05) is 47.1 Å². The fourth-order valence-electron chi connectivity index (χ4n) is 2.46. The van der Waals surface area contributed by atoms with Gasteiger partial charge in [-0.3, -0.25) is 4.79 Å². The Morgan fingerprint density at radius 2 is 1.97 bits per heavy atom. The maximum absolute atomic E-state index is 12.4. The Hall–Kier alpha value is -3.33. The Kier molecular flexibility index (Phi) is 6.73. The topological polar surface area (TPSA) is 69.0 Å². The average Bonchev–Trinajstić information content (AvgIpc) is 3.13. The van der Waals surface area contributed by atoms with Gasteiger partial charge in [0.2, 0.25) is 5.91 Å². The number of hydrogen-bond acceptors (Lipinski definition) is 4. The van der Waals surface area contributed by atoms with E-state index in [1.54, 1.807) is 10.9 Å². The normalized spacial score (nSPS) is 11.6. The van der Waals surface area contributed by atoms with Gasteiger partial charge in [-0.15, -0.1) is 5.10 Å². The molecule has 2 aromatic carbocycles. The summed E-state index contributed by atoms with van der Waals surface area (Å²) in [6.07, 6.45) is -0.226. The minimum Gasteiger partial charge on any atom is -0.482 e. The first kappa shape index (κ1) is 21.4. The molecule has 1 heterocycles. The van der Waals surface area contributed by atoms with Crippen molar-refractivity contribution in [3.63, 3.8) is 0 Å². The summed E-state index contributed by atoms with van der Waals surface area (Å²) in [6, 6.07) is 13.6. The Balaban J connectivity index is 1.63. The van der Waals surface area contributed by atoms with Gasteiger partial charge in [0.05, 0.1) is 18.4 Å². The largest absolute Gasteiger partial charge is 0.482 e. The van der Waals surface area contributed by atoms with Crippen LogP contribution in [0.1, 0.15) is 11.3 Å². The van der Waals surface area contributed by atoms with E-state index in [-0.39, 0.29) is 16.5 Å². The van der Waals surface area contributed by atoms with E-state index in [1.165, 1.54) is 30.4 Å². The number of nitrogens with one attached hydrogen (secondary N) is 1. The summed E-state index contributed by atoms with van der Waals surface area (Å²) < 4.78 is 43.5. The van der Waals surface area contributed by atoms with E-state index in [0.29, 0.717) is 12.2 Å². The SMILES string of the molecule is O=C(/C=C/c1cn(Cc2ccccc2)nn1)Nc1cc(Cl)ccc1OCC(F)(F)F. The second kappa shape index (κ2) is 9.45. The molecule has 156 valence electrons. The molecule has 3 aromatic rings. The molecule has 0 spiro atoms. The molecule has 0 saturated carbocycles. The number of anilines is 1. The molecule has 1 aromatic heterocycles. The van der Waals surface area contributed by atoms with E-state index in [9.17, 15) is 18.0 Å². The van der Waals surface area contributed by atoms with Crippen LogP contribution in [0.15, 0.2) is 60.8 Å². The van der Waals surface area contributed by atoms with E-state index in [0.717, 1.165) is 5.56 Å². The first-order valence-electron chi connectivity index (χ1n) is 8.71. The molecule has 0 atom stereocenters. The third-order valence-corrected chi connectivity index (χ3v) is 3.98. The maximum atomic E-state index is 12.4. The molecule has 0 fully saturated rings. The van der Waals surface area contributed by atoms with Crippen molar-refractivity contribution >= 4 is 29.3 Å². The predicted octanol–water partition coefficient (Wildman–Crippen LogP) is 4.57. The molecule has 1 N–H and O–H groups in total. The number of nitrogens with zero attached hydrogens (tertiary/aromatic N) is 3. The summed E-state index contributed by atoms with van der Waals surface area (Å²) in [5, 5.41) is 10.6. The summed E-state index contributed by atoms with van der Waals surface area (Å²) in [7, 11) is 0. The zero-order chi connectivity index (χ0) is 21.6. The van der Waals surface area contributed by atoms with Crippen molar-refractivity contribution in [2.24, 2.45) is 0 Å². The summed E-state index contributed by atoms with van der Waals surface area (Å²) in [6.45, 7) is -0.964. The van der Waals surface area contributed by atoms with Crippen LogP contribution in [-0.2, 0) is 11.3 Å². The molecule has 3 rings (SSSR count). The number of ether oxygens (including phenoxy) is 1. The number of aromatic nitrogens is 3. The van der Waals surface area contributed by atoms with Gasteiger partial charge < -0.3 is 10.1 Å². The van der Waals surface area contributed by atoms with Gasteiger partial charge in [0.25, 0.3) is 0 Å². The van der Waals surface area contributed by atoms with Crippen molar-refractivity contribution in [1.82, 2.24) is 15.0 Å². The van der Waals surface area contributed by atoms with Crippen molar-refractivity contribution in [1.29, 1.82) is 0 Å². The molecular formula is C20H16ClF3N4O2.